The summed E-state index contributed by atoms with van der Waals surface area (Å²) in [6.07, 6.45) is 6.21. The van der Waals surface area contributed by atoms with Crippen LogP contribution >= 0.6 is 0 Å². The third-order valence-corrected chi connectivity index (χ3v) is 4.17. The van der Waals surface area contributed by atoms with Crippen LogP contribution in [0.5, 0.6) is 0 Å². The quantitative estimate of drug-likeness (QED) is 0.907. The highest BCUT2D eigenvalue weighted by Gasteiger charge is 2.19. The number of nitrogens with one attached hydrogen (secondary N) is 2. The maximum Gasteiger partial charge on any atom is 0.152 e. The van der Waals surface area contributed by atoms with Gasteiger partial charge in [0.1, 0.15) is 5.52 Å². The monoisotopic (exact) mass is 287 g/mol. The number of nitrogens with zero attached hydrogens (tertiary/aromatic N) is 3. The lowest BCUT2D eigenvalue weighted by molar-refractivity contribution is 0.549. The summed E-state index contributed by atoms with van der Waals surface area (Å²) >= 11 is 0. The predicted octanol–water partition coefficient (Wildman–Crippen LogP) is 2.44. The van der Waals surface area contributed by atoms with E-state index in [0.717, 1.165) is 42.6 Å². The van der Waals surface area contributed by atoms with Gasteiger partial charge < -0.3 is 10.6 Å². The van der Waals surface area contributed by atoms with E-state index in [1.165, 1.54) is 12.8 Å². The van der Waals surface area contributed by atoms with Crippen LogP contribution in [-0.2, 0) is 5.41 Å². The van der Waals surface area contributed by atoms with Gasteiger partial charge in [0.05, 0.1) is 5.69 Å². The van der Waals surface area contributed by atoms with Crippen LogP contribution in [0.1, 0.15) is 39.3 Å². The lowest BCUT2D eigenvalue weighted by Gasteiger charge is -2.13. The fraction of sp³-hybridized carbons (Fsp3) is 0.625. The average molecular weight is 287 g/mol. The molecule has 1 saturated heterocycles. The normalized spacial score (nSPS) is 19.3. The van der Waals surface area contributed by atoms with E-state index < -0.39 is 0 Å². The molecule has 2 aromatic heterocycles. The molecule has 5 heteroatoms. The maximum absolute atomic E-state index is 4.66. The summed E-state index contributed by atoms with van der Waals surface area (Å²) in [6.45, 7) is 9.83. The lowest BCUT2D eigenvalue weighted by Crippen LogP contribution is -2.13. The first kappa shape index (κ1) is 14.3. The van der Waals surface area contributed by atoms with Crippen molar-refractivity contribution in [3.63, 3.8) is 0 Å². The van der Waals surface area contributed by atoms with Gasteiger partial charge in [0.25, 0.3) is 0 Å². The Morgan fingerprint density at radius 1 is 1.43 bits per heavy atom. The number of fused-ring (bicyclic) bond motifs is 1. The predicted molar refractivity (Wildman–Crippen MR) is 85.8 cm³/mol. The van der Waals surface area contributed by atoms with E-state index >= 15 is 0 Å². The fourth-order valence-electron chi connectivity index (χ4n) is 2.78. The number of hydrogen-bond acceptors (Lipinski definition) is 4. The highest BCUT2D eigenvalue weighted by molar-refractivity contribution is 5.68. The zero-order valence-corrected chi connectivity index (χ0v) is 13.2. The van der Waals surface area contributed by atoms with Crippen molar-refractivity contribution in [1.82, 2.24) is 19.9 Å². The Morgan fingerprint density at radius 3 is 3.00 bits per heavy atom. The first-order chi connectivity index (χ1) is 10.0. The van der Waals surface area contributed by atoms with Gasteiger partial charge in [0, 0.05) is 24.4 Å². The van der Waals surface area contributed by atoms with Gasteiger partial charge in [-0.2, -0.15) is 5.10 Å². The second kappa shape index (κ2) is 5.64. The highest BCUT2D eigenvalue weighted by atomic mass is 15.2. The van der Waals surface area contributed by atoms with Crippen molar-refractivity contribution in [3.05, 3.63) is 24.2 Å². The molecule has 1 unspecified atom stereocenters. The molecule has 0 aromatic carbocycles. The van der Waals surface area contributed by atoms with Crippen LogP contribution in [0.3, 0.4) is 0 Å². The molecule has 0 bridgehead atoms. The van der Waals surface area contributed by atoms with Crippen molar-refractivity contribution in [1.29, 1.82) is 0 Å². The minimum Gasteiger partial charge on any atom is -0.368 e. The Bertz CT molecular complexity index is 605. The summed E-state index contributed by atoms with van der Waals surface area (Å²) in [6, 6.07) is 2.15. The Balaban J connectivity index is 1.73. The topological polar surface area (TPSA) is 54.2 Å². The Labute approximate surface area is 126 Å². The molecule has 3 rings (SSSR count). The highest BCUT2D eigenvalue weighted by Crippen LogP contribution is 2.24. The van der Waals surface area contributed by atoms with E-state index in [-0.39, 0.29) is 5.41 Å². The number of rotatable bonds is 4. The molecule has 5 nitrogen and oxygen atoms in total. The zero-order chi connectivity index (χ0) is 14.9. The second-order valence-electron chi connectivity index (χ2n) is 6.96. The van der Waals surface area contributed by atoms with Crippen LogP contribution in [-0.4, -0.2) is 34.2 Å². The van der Waals surface area contributed by atoms with Crippen molar-refractivity contribution in [3.8, 4) is 0 Å². The third kappa shape index (κ3) is 3.18. The molecular weight excluding hydrogens is 262 g/mol. The minimum absolute atomic E-state index is 0.0544. The van der Waals surface area contributed by atoms with E-state index in [0.29, 0.717) is 0 Å². The lowest BCUT2D eigenvalue weighted by atomic mass is 9.92. The molecule has 0 saturated carbocycles. The maximum atomic E-state index is 4.66. The molecule has 1 aliphatic rings. The summed E-state index contributed by atoms with van der Waals surface area (Å²) in [5, 5.41) is 11.5. The Hall–Kier alpha value is -1.62. The van der Waals surface area contributed by atoms with Gasteiger partial charge in [-0.05, 0) is 37.9 Å². The van der Waals surface area contributed by atoms with E-state index in [1.54, 1.807) is 0 Å². The SMILES string of the molecule is CC(C)(C)c1cc2c(NCCC3CCNC3)nccn2n1. The van der Waals surface area contributed by atoms with Gasteiger partial charge in [-0.15, -0.1) is 0 Å². The van der Waals surface area contributed by atoms with Crippen molar-refractivity contribution in [2.75, 3.05) is 25.0 Å². The minimum atomic E-state index is 0.0544. The van der Waals surface area contributed by atoms with Crippen molar-refractivity contribution >= 4 is 11.3 Å². The summed E-state index contributed by atoms with van der Waals surface area (Å²) < 4.78 is 1.92. The number of anilines is 1. The number of aromatic nitrogens is 3. The van der Waals surface area contributed by atoms with Gasteiger partial charge in [-0.1, -0.05) is 20.8 Å². The molecule has 1 fully saturated rings. The van der Waals surface area contributed by atoms with Gasteiger partial charge in [-0.3, -0.25) is 0 Å². The molecule has 1 atom stereocenters. The van der Waals surface area contributed by atoms with Crippen LogP contribution in [0.2, 0.25) is 0 Å². The van der Waals surface area contributed by atoms with Crippen molar-refractivity contribution in [2.45, 2.75) is 39.0 Å². The van der Waals surface area contributed by atoms with Crippen LogP contribution in [0, 0.1) is 5.92 Å². The van der Waals surface area contributed by atoms with Gasteiger partial charge in [0.2, 0.25) is 0 Å². The van der Waals surface area contributed by atoms with E-state index in [1.807, 2.05) is 16.9 Å². The molecule has 0 aliphatic carbocycles. The summed E-state index contributed by atoms with van der Waals surface area (Å²) in [7, 11) is 0. The first-order valence-electron chi connectivity index (χ1n) is 7.83. The smallest absolute Gasteiger partial charge is 0.152 e. The molecule has 21 heavy (non-hydrogen) atoms. The number of hydrogen-bond donors (Lipinski definition) is 2. The molecule has 0 amide bonds. The first-order valence-corrected chi connectivity index (χ1v) is 7.83. The largest absolute Gasteiger partial charge is 0.368 e. The van der Waals surface area contributed by atoms with Crippen LogP contribution in [0.4, 0.5) is 5.82 Å². The fourth-order valence-corrected chi connectivity index (χ4v) is 2.78. The molecular formula is C16H25N5. The molecule has 1 aliphatic heterocycles. The van der Waals surface area contributed by atoms with Gasteiger partial charge in [-0.25, -0.2) is 9.50 Å². The molecule has 2 aromatic rings. The van der Waals surface area contributed by atoms with Crippen molar-refractivity contribution in [2.24, 2.45) is 5.92 Å². The van der Waals surface area contributed by atoms with Crippen LogP contribution in [0.15, 0.2) is 18.5 Å². The standard InChI is InChI=1S/C16H25N5/c1-16(2,3)14-10-13-15(19-8-9-21(13)20-14)18-7-5-12-4-6-17-11-12/h8-10,12,17H,4-7,11H2,1-3H3,(H,18,19). The summed E-state index contributed by atoms with van der Waals surface area (Å²) in [5.41, 5.74) is 2.21. The van der Waals surface area contributed by atoms with E-state index in [9.17, 15) is 0 Å². The van der Waals surface area contributed by atoms with Crippen LogP contribution in [0.25, 0.3) is 5.52 Å². The van der Waals surface area contributed by atoms with Gasteiger partial charge >= 0.3 is 0 Å². The Kier molecular flexibility index (Phi) is 3.85. The van der Waals surface area contributed by atoms with Gasteiger partial charge in [0.15, 0.2) is 5.82 Å². The Morgan fingerprint density at radius 2 is 2.29 bits per heavy atom. The zero-order valence-electron chi connectivity index (χ0n) is 13.2. The summed E-state index contributed by atoms with van der Waals surface area (Å²) in [5.74, 6) is 1.73. The molecule has 0 spiro atoms. The molecule has 3 heterocycles. The van der Waals surface area contributed by atoms with E-state index in [4.69, 9.17) is 0 Å². The second-order valence-corrected chi connectivity index (χ2v) is 6.96. The summed E-state index contributed by atoms with van der Waals surface area (Å²) in [4.78, 5) is 4.48. The van der Waals surface area contributed by atoms with E-state index in [2.05, 4.69) is 47.6 Å². The van der Waals surface area contributed by atoms with Crippen LogP contribution < -0.4 is 10.6 Å². The third-order valence-electron chi connectivity index (χ3n) is 4.17. The molecule has 0 radical (unpaired) electrons. The average Bonchev–Trinajstić information content (AvgIpc) is 3.06. The van der Waals surface area contributed by atoms with Crippen molar-refractivity contribution < 1.29 is 0 Å². The molecule has 2 N–H and O–H groups in total. The molecule has 114 valence electrons.